The predicted octanol–water partition coefficient (Wildman–Crippen LogP) is 3.80. The zero-order chi connectivity index (χ0) is 20.4. The maximum atomic E-state index is 12.0. The van der Waals surface area contributed by atoms with Gasteiger partial charge in [0.25, 0.3) is 0 Å². The smallest absolute Gasteiger partial charge is 0.475 e. The quantitative estimate of drug-likeness (QED) is 0.816. The van der Waals surface area contributed by atoms with E-state index in [1.165, 1.54) is 9.75 Å². The minimum atomic E-state index is -5.08. The molecule has 3 rings (SSSR count). The lowest BCUT2D eigenvalue weighted by Gasteiger charge is -2.20. The van der Waals surface area contributed by atoms with Crippen molar-refractivity contribution in [2.24, 2.45) is 0 Å². The van der Waals surface area contributed by atoms with E-state index in [4.69, 9.17) is 9.90 Å². The molecule has 1 aliphatic heterocycles. The number of halogens is 3. The third-order valence-corrected chi connectivity index (χ3v) is 5.05. The number of alkyl halides is 3. The van der Waals surface area contributed by atoms with E-state index in [-0.39, 0.29) is 17.9 Å². The maximum Gasteiger partial charge on any atom is 0.490 e. The molecule has 2 aromatic rings. The Morgan fingerprint density at radius 2 is 2.04 bits per heavy atom. The van der Waals surface area contributed by atoms with Crippen molar-refractivity contribution < 1.29 is 27.9 Å². The lowest BCUT2D eigenvalue weighted by molar-refractivity contribution is -0.192. The maximum absolute atomic E-state index is 12.0. The molecule has 1 fully saturated rings. The molecular formula is C17H20F3N3O3S. The zero-order valence-electron chi connectivity index (χ0n) is 15.0. The highest BCUT2D eigenvalue weighted by molar-refractivity contribution is 7.15. The van der Waals surface area contributed by atoms with Crippen molar-refractivity contribution in [3.05, 3.63) is 29.0 Å². The van der Waals surface area contributed by atoms with Crippen molar-refractivity contribution in [2.45, 2.75) is 45.3 Å². The summed E-state index contributed by atoms with van der Waals surface area (Å²) in [5, 5.41) is 7.12. The molecule has 1 atom stereocenters. The number of H-pyrrole nitrogens is 1. The fourth-order valence-electron chi connectivity index (χ4n) is 2.66. The molecule has 2 aromatic heterocycles. The van der Waals surface area contributed by atoms with Crippen LogP contribution in [-0.2, 0) is 9.59 Å². The van der Waals surface area contributed by atoms with Crippen LogP contribution in [0.5, 0.6) is 0 Å². The Hall–Kier alpha value is -2.36. The largest absolute Gasteiger partial charge is 0.490 e. The van der Waals surface area contributed by atoms with Crippen molar-refractivity contribution in [3.8, 4) is 10.6 Å². The van der Waals surface area contributed by atoms with Gasteiger partial charge in [-0.1, -0.05) is 0 Å². The van der Waals surface area contributed by atoms with Crippen LogP contribution < -0.4 is 0 Å². The number of hydrogen-bond donors (Lipinski definition) is 2. The summed E-state index contributed by atoms with van der Waals surface area (Å²) in [6.45, 7) is 6.99. The normalized spacial score (nSPS) is 17.2. The number of aromatic amines is 1. The Kier molecular flexibility index (Phi) is 6.30. The number of aliphatic carboxylic acids is 1. The molecule has 0 radical (unpaired) electrons. The zero-order valence-corrected chi connectivity index (χ0v) is 15.8. The van der Waals surface area contributed by atoms with Crippen LogP contribution in [0, 0.1) is 6.92 Å². The number of carboxylic acid groups (broad SMARTS) is 1. The van der Waals surface area contributed by atoms with E-state index in [9.17, 15) is 18.0 Å². The second-order valence-electron chi connectivity index (χ2n) is 6.44. The molecule has 1 aliphatic rings. The van der Waals surface area contributed by atoms with Crippen LogP contribution in [0.3, 0.4) is 0 Å². The van der Waals surface area contributed by atoms with Gasteiger partial charge in [-0.2, -0.15) is 13.2 Å². The third-order valence-electron chi connectivity index (χ3n) is 4.01. The van der Waals surface area contributed by atoms with Gasteiger partial charge in [0.1, 0.15) is 5.82 Å². The Bertz CT molecular complexity index is 814. The van der Waals surface area contributed by atoms with Gasteiger partial charge in [-0.25, -0.2) is 9.78 Å². The molecule has 1 saturated heterocycles. The number of aromatic nitrogens is 2. The summed E-state index contributed by atoms with van der Waals surface area (Å²) < 4.78 is 31.7. The van der Waals surface area contributed by atoms with Crippen molar-refractivity contribution in [1.82, 2.24) is 14.9 Å². The van der Waals surface area contributed by atoms with Crippen LogP contribution in [0.25, 0.3) is 10.6 Å². The van der Waals surface area contributed by atoms with E-state index >= 15 is 0 Å². The first kappa shape index (κ1) is 20.9. The van der Waals surface area contributed by atoms with Gasteiger partial charge >= 0.3 is 12.1 Å². The molecular weight excluding hydrogens is 383 g/mol. The Morgan fingerprint density at radius 3 is 2.48 bits per heavy atom. The number of carbonyl (C=O) groups excluding carboxylic acids is 1. The van der Waals surface area contributed by atoms with E-state index in [2.05, 4.69) is 42.9 Å². The Labute approximate surface area is 158 Å². The molecule has 6 nitrogen and oxygen atoms in total. The third kappa shape index (κ3) is 5.31. The molecule has 0 spiro atoms. The van der Waals surface area contributed by atoms with Gasteiger partial charge in [0.15, 0.2) is 0 Å². The highest BCUT2D eigenvalue weighted by Gasteiger charge is 2.38. The summed E-state index contributed by atoms with van der Waals surface area (Å²) >= 11 is 1.75. The summed E-state index contributed by atoms with van der Waals surface area (Å²) in [5.74, 6) is -1.40. The van der Waals surface area contributed by atoms with Crippen LogP contribution in [-0.4, -0.2) is 50.6 Å². The van der Waals surface area contributed by atoms with Crippen LogP contribution >= 0.6 is 11.3 Å². The molecule has 10 heteroatoms. The lowest BCUT2D eigenvalue weighted by atomic mass is 10.1. The van der Waals surface area contributed by atoms with E-state index in [0.717, 1.165) is 18.1 Å². The monoisotopic (exact) mass is 403 g/mol. The molecule has 0 aromatic carbocycles. The second kappa shape index (κ2) is 8.12. The SMILES string of the molecule is Cc1ccc(-c2cnc(C3CC(=O)N(C(C)C)C3)[nH]2)s1.O=C(O)C(F)(F)F. The number of rotatable bonds is 3. The van der Waals surface area contributed by atoms with E-state index in [1.807, 2.05) is 11.1 Å². The van der Waals surface area contributed by atoms with Gasteiger partial charge in [-0.15, -0.1) is 11.3 Å². The molecule has 27 heavy (non-hydrogen) atoms. The molecule has 0 aliphatic carbocycles. The van der Waals surface area contributed by atoms with Gasteiger partial charge in [-0.05, 0) is 32.9 Å². The lowest BCUT2D eigenvalue weighted by Crippen LogP contribution is -2.31. The number of nitrogens with one attached hydrogen (secondary N) is 1. The summed E-state index contributed by atoms with van der Waals surface area (Å²) in [6, 6.07) is 4.49. The first-order valence-corrected chi connectivity index (χ1v) is 9.02. The topological polar surface area (TPSA) is 86.3 Å². The molecule has 1 amide bonds. The summed E-state index contributed by atoms with van der Waals surface area (Å²) in [4.78, 5) is 33.2. The van der Waals surface area contributed by atoms with Crippen LogP contribution in [0.2, 0.25) is 0 Å². The molecule has 0 saturated carbocycles. The van der Waals surface area contributed by atoms with Gasteiger partial charge < -0.3 is 15.0 Å². The fraction of sp³-hybridized carbons (Fsp3) is 0.471. The van der Waals surface area contributed by atoms with Crippen LogP contribution in [0.15, 0.2) is 18.3 Å². The molecule has 148 valence electrons. The highest BCUT2D eigenvalue weighted by atomic mass is 32.1. The van der Waals surface area contributed by atoms with Gasteiger partial charge in [-0.3, -0.25) is 4.79 Å². The molecule has 2 N–H and O–H groups in total. The van der Waals surface area contributed by atoms with E-state index in [0.29, 0.717) is 6.42 Å². The number of hydrogen-bond acceptors (Lipinski definition) is 4. The number of imidazole rings is 1. The van der Waals surface area contributed by atoms with Gasteiger partial charge in [0.05, 0.1) is 16.8 Å². The number of thiophene rings is 1. The molecule has 0 bridgehead atoms. The summed E-state index contributed by atoms with van der Waals surface area (Å²) in [5.41, 5.74) is 1.05. The Balaban J connectivity index is 0.000000321. The average molecular weight is 403 g/mol. The van der Waals surface area contributed by atoms with E-state index in [1.54, 1.807) is 11.3 Å². The van der Waals surface area contributed by atoms with Crippen molar-refractivity contribution in [3.63, 3.8) is 0 Å². The van der Waals surface area contributed by atoms with Crippen molar-refractivity contribution in [2.75, 3.05) is 6.54 Å². The second-order valence-corrected chi connectivity index (χ2v) is 7.72. The number of likely N-dealkylation sites (tertiary alicyclic amines) is 1. The highest BCUT2D eigenvalue weighted by Crippen LogP contribution is 2.31. The Morgan fingerprint density at radius 1 is 1.41 bits per heavy atom. The minimum Gasteiger partial charge on any atom is -0.475 e. The number of nitrogens with zero attached hydrogens (tertiary/aromatic N) is 2. The predicted molar refractivity (Wildman–Crippen MR) is 94.5 cm³/mol. The summed E-state index contributed by atoms with van der Waals surface area (Å²) in [7, 11) is 0. The number of amides is 1. The molecule has 1 unspecified atom stereocenters. The number of carbonyl (C=O) groups is 2. The molecule has 3 heterocycles. The van der Waals surface area contributed by atoms with Crippen molar-refractivity contribution >= 4 is 23.2 Å². The first-order valence-electron chi connectivity index (χ1n) is 8.20. The minimum absolute atomic E-state index is 0.194. The standard InChI is InChI=1S/C15H19N3OS.C2HF3O2/c1-9(2)18-8-11(6-14(18)19)15-16-7-12(17-15)13-5-4-10(3)20-13;3-2(4,5)1(6)7/h4-5,7,9,11H,6,8H2,1-3H3,(H,16,17);(H,6,7). The first-order chi connectivity index (χ1) is 12.5. The number of aryl methyl sites for hydroxylation is 1. The van der Waals surface area contributed by atoms with Crippen molar-refractivity contribution in [1.29, 1.82) is 0 Å². The van der Waals surface area contributed by atoms with Gasteiger partial charge in [0.2, 0.25) is 5.91 Å². The summed E-state index contributed by atoms with van der Waals surface area (Å²) in [6.07, 6.45) is -2.64. The average Bonchev–Trinajstić information content (AvgIpc) is 3.25. The van der Waals surface area contributed by atoms with E-state index < -0.39 is 12.1 Å². The van der Waals surface area contributed by atoms with Gasteiger partial charge in [0, 0.05) is 29.8 Å². The van der Waals surface area contributed by atoms with Crippen LogP contribution in [0.1, 0.15) is 36.9 Å². The number of carboxylic acids is 1. The van der Waals surface area contributed by atoms with Crippen LogP contribution in [0.4, 0.5) is 13.2 Å². The fourth-order valence-corrected chi connectivity index (χ4v) is 3.50.